The second-order valence-corrected chi connectivity index (χ2v) is 11.3. The van der Waals surface area contributed by atoms with E-state index in [2.05, 4.69) is 40.2 Å². The Kier molecular flexibility index (Phi) is 8.88. The van der Waals surface area contributed by atoms with Crippen molar-refractivity contribution in [3.63, 3.8) is 0 Å². The number of ether oxygens (including phenoxy) is 4. The van der Waals surface area contributed by atoms with Gasteiger partial charge in [0, 0.05) is 50.9 Å². The molecule has 1 amide bonds. The lowest BCUT2D eigenvalue weighted by molar-refractivity contribution is -0.0547. The van der Waals surface area contributed by atoms with Crippen molar-refractivity contribution in [1.29, 1.82) is 0 Å². The van der Waals surface area contributed by atoms with Crippen LogP contribution in [0.15, 0.2) is 60.8 Å². The first kappa shape index (κ1) is 28.5. The monoisotopic (exact) mass is 573 g/mol. The number of likely N-dealkylation sites (tertiary alicyclic amines) is 1. The Morgan fingerprint density at radius 3 is 2.55 bits per heavy atom. The van der Waals surface area contributed by atoms with E-state index in [-0.39, 0.29) is 24.5 Å². The Balaban J connectivity index is 0.983. The largest absolute Gasteiger partial charge is 0.493 e. The van der Waals surface area contributed by atoms with E-state index in [9.17, 15) is 9.90 Å². The number of benzene rings is 2. The summed E-state index contributed by atoms with van der Waals surface area (Å²) < 4.78 is 23.1. The Bertz CT molecular complexity index is 1360. The zero-order chi connectivity index (χ0) is 28.9. The molecule has 2 aromatic carbocycles. The molecule has 2 aliphatic heterocycles. The van der Waals surface area contributed by atoms with Gasteiger partial charge in [0.25, 0.3) is 5.91 Å². The van der Waals surface area contributed by atoms with Crippen molar-refractivity contribution in [1.82, 2.24) is 14.8 Å². The highest BCUT2D eigenvalue weighted by Crippen LogP contribution is 2.40. The van der Waals surface area contributed by atoms with E-state index < -0.39 is 0 Å². The summed E-state index contributed by atoms with van der Waals surface area (Å²) in [7, 11) is 1.65. The summed E-state index contributed by atoms with van der Waals surface area (Å²) in [6.07, 6.45) is 4.07. The van der Waals surface area contributed by atoms with Crippen LogP contribution in [0, 0.1) is 0 Å². The number of methoxy groups -OCH3 is 1. The molecule has 1 saturated carbocycles. The Morgan fingerprint density at radius 2 is 1.79 bits per heavy atom. The van der Waals surface area contributed by atoms with E-state index in [1.807, 2.05) is 17.0 Å². The zero-order valence-electron chi connectivity index (χ0n) is 24.1. The fourth-order valence-electron chi connectivity index (χ4n) is 5.54. The van der Waals surface area contributed by atoms with E-state index in [1.54, 1.807) is 25.4 Å². The van der Waals surface area contributed by atoms with Gasteiger partial charge in [-0.3, -0.25) is 14.7 Å². The van der Waals surface area contributed by atoms with Crippen molar-refractivity contribution in [3.05, 3.63) is 83.2 Å². The maximum atomic E-state index is 13.1. The van der Waals surface area contributed by atoms with Crippen molar-refractivity contribution < 1.29 is 28.8 Å². The molecule has 1 aliphatic carbocycles. The minimum absolute atomic E-state index is 0.0212. The number of rotatable bonds is 12. The second-order valence-electron chi connectivity index (χ2n) is 11.3. The highest BCUT2D eigenvalue weighted by Gasteiger charge is 2.33. The lowest BCUT2D eigenvalue weighted by atomic mass is 9.91. The third kappa shape index (κ3) is 6.86. The first-order chi connectivity index (χ1) is 20.6. The number of carbonyl (C=O) groups excluding carboxylic acids is 1. The molecule has 1 N–H and O–H groups in total. The Labute approximate surface area is 247 Å². The molecule has 3 aromatic rings. The van der Waals surface area contributed by atoms with E-state index in [0.717, 1.165) is 30.1 Å². The van der Waals surface area contributed by atoms with Gasteiger partial charge in [0.2, 0.25) is 0 Å². The predicted molar refractivity (Wildman–Crippen MR) is 157 cm³/mol. The van der Waals surface area contributed by atoms with Crippen LogP contribution in [0.5, 0.6) is 17.2 Å². The SMILES string of the molecule is COc1cc(C2CN(C(=O)c3cc(OCCN4CCOC(CO)C4)ccn3)C2)ccc1OCc1ccc(C2CC2)cc1. The molecule has 3 aliphatic rings. The van der Waals surface area contributed by atoms with Crippen LogP contribution >= 0.6 is 0 Å². The lowest BCUT2D eigenvalue weighted by Crippen LogP contribution is -2.48. The summed E-state index contributed by atoms with van der Waals surface area (Å²) in [6, 6.07) is 18.2. The number of amides is 1. The van der Waals surface area contributed by atoms with Gasteiger partial charge in [-0.05, 0) is 53.6 Å². The molecule has 9 heteroatoms. The van der Waals surface area contributed by atoms with Gasteiger partial charge < -0.3 is 29.0 Å². The van der Waals surface area contributed by atoms with Crippen LogP contribution in [-0.2, 0) is 11.3 Å². The van der Waals surface area contributed by atoms with Crippen LogP contribution in [-0.4, -0.2) is 91.6 Å². The average Bonchev–Trinajstić information content (AvgIpc) is 3.86. The number of pyridine rings is 1. The molecular weight excluding hydrogens is 534 g/mol. The molecular formula is C33H39N3O6. The highest BCUT2D eigenvalue weighted by molar-refractivity contribution is 5.93. The molecule has 0 spiro atoms. The van der Waals surface area contributed by atoms with Gasteiger partial charge in [-0.2, -0.15) is 0 Å². The Morgan fingerprint density at radius 1 is 0.976 bits per heavy atom. The van der Waals surface area contributed by atoms with E-state index in [0.29, 0.717) is 62.4 Å². The summed E-state index contributed by atoms with van der Waals surface area (Å²) in [5.74, 6) is 2.90. The second kappa shape index (κ2) is 13.1. The number of hydrogen-bond donors (Lipinski definition) is 1. The fraction of sp³-hybridized carbons (Fsp3) is 0.455. The molecule has 0 radical (unpaired) electrons. The van der Waals surface area contributed by atoms with Crippen molar-refractivity contribution >= 4 is 5.91 Å². The molecule has 222 valence electrons. The maximum Gasteiger partial charge on any atom is 0.272 e. The van der Waals surface area contributed by atoms with Gasteiger partial charge >= 0.3 is 0 Å². The first-order valence-electron chi connectivity index (χ1n) is 14.8. The fourth-order valence-corrected chi connectivity index (χ4v) is 5.54. The summed E-state index contributed by atoms with van der Waals surface area (Å²) in [5, 5.41) is 9.32. The minimum atomic E-state index is -0.142. The maximum absolute atomic E-state index is 13.1. The number of nitrogens with zero attached hydrogens (tertiary/aromatic N) is 3. The van der Waals surface area contributed by atoms with E-state index in [1.165, 1.54) is 18.4 Å². The number of aliphatic hydroxyl groups excluding tert-OH is 1. The standard InChI is InChI=1S/C33H39N3O6/c1-39-32-16-26(8-9-31(32)42-22-23-2-4-24(5-3-23)25-6-7-25)27-18-36(19-27)33(38)30-17-28(10-11-34-30)40-14-12-35-13-15-41-29(20-35)21-37/h2-5,8-11,16-17,25,27,29,37H,6-7,12-15,18-22H2,1H3. The summed E-state index contributed by atoms with van der Waals surface area (Å²) in [6.45, 7) is 5.05. The molecule has 2 saturated heterocycles. The molecule has 1 aromatic heterocycles. The smallest absolute Gasteiger partial charge is 0.272 e. The van der Waals surface area contributed by atoms with Gasteiger partial charge in [-0.25, -0.2) is 0 Å². The minimum Gasteiger partial charge on any atom is -0.493 e. The quantitative estimate of drug-likeness (QED) is 0.349. The summed E-state index contributed by atoms with van der Waals surface area (Å²) in [4.78, 5) is 21.4. The molecule has 9 nitrogen and oxygen atoms in total. The van der Waals surface area contributed by atoms with E-state index in [4.69, 9.17) is 18.9 Å². The lowest BCUT2D eigenvalue weighted by Gasteiger charge is -2.39. The molecule has 3 fully saturated rings. The van der Waals surface area contributed by atoms with Crippen LogP contribution < -0.4 is 14.2 Å². The van der Waals surface area contributed by atoms with Gasteiger partial charge in [0.15, 0.2) is 11.5 Å². The molecule has 6 rings (SSSR count). The third-order valence-corrected chi connectivity index (χ3v) is 8.30. The summed E-state index contributed by atoms with van der Waals surface area (Å²) >= 11 is 0. The highest BCUT2D eigenvalue weighted by atomic mass is 16.5. The number of hydrogen-bond acceptors (Lipinski definition) is 8. The van der Waals surface area contributed by atoms with Crippen LogP contribution in [0.3, 0.4) is 0 Å². The topological polar surface area (TPSA) is 93.6 Å². The Hall–Kier alpha value is -3.66. The average molecular weight is 574 g/mol. The van der Waals surface area contributed by atoms with Crippen LogP contribution in [0.4, 0.5) is 0 Å². The number of morpholine rings is 1. The number of carbonyl (C=O) groups is 1. The molecule has 1 atom stereocenters. The number of aromatic nitrogens is 1. The van der Waals surface area contributed by atoms with Gasteiger partial charge in [0.1, 0.15) is 24.7 Å². The van der Waals surface area contributed by atoms with E-state index >= 15 is 0 Å². The zero-order valence-corrected chi connectivity index (χ0v) is 24.1. The van der Waals surface area contributed by atoms with Gasteiger partial charge in [0.05, 0.1) is 26.4 Å². The molecule has 0 bridgehead atoms. The van der Waals surface area contributed by atoms with Crippen molar-refractivity contribution in [2.45, 2.75) is 37.4 Å². The van der Waals surface area contributed by atoms with Crippen molar-refractivity contribution in [2.75, 3.05) is 59.7 Å². The van der Waals surface area contributed by atoms with Crippen LogP contribution in [0.1, 0.15) is 51.9 Å². The molecule has 3 heterocycles. The molecule has 42 heavy (non-hydrogen) atoms. The third-order valence-electron chi connectivity index (χ3n) is 8.30. The van der Waals surface area contributed by atoms with Crippen LogP contribution in [0.2, 0.25) is 0 Å². The molecule has 1 unspecified atom stereocenters. The summed E-state index contributed by atoms with van der Waals surface area (Å²) in [5.41, 5.74) is 4.05. The number of aliphatic hydroxyl groups is 1. The van der Waals surface area contributed by atoms with Crippen molar-refractivity contribution in [3.8, 4) is 17.2 Å². The van der Waals surface area contributed by atoms with Crippen molar-refractivity contribution in [2.24, 2.45) is 0 Å². The van der Waals surface area contributed by atoms with Gasteiger partial charge in [-0.15, -0.1) is 0 Å². The van der Waals surface area contributed by atoms with Crippen LogP contribution in [0.25, 0.3) is 0 Å². The first-order valence-corrected chi connectivity index (χ1v) is 14.8. The van der Waals surface area contributed by atoms with Gasteiger partial charge in [-0.1, -0.05) is 30.3 Å². The normalized spacial score (nSPS) is 19.3. The predicted octanol–water partition coefficient (Wildman–Crippen LogP) is 3.86.